The summed E-state index contributed by atoms with van der Waals surface area (Å²) in [5.74, 6) is -0.305. The molecule has 182 valence electrons. The van der Waals surface area contributed by atoms with Gasteiger partial charge in [0, 0.05) is 32.7 Å². The number of hydrogen-bond acceptors (Lipinski definition) is 5. The van der Waals surface area contributed by atoms with Crippen LogP contribution in [-0.4, -0.2) is 64.8 Å². The van der Waals surface area contributed by atoms with Crippen LogP contribution in [0, 0.1) is 0 Å². The number of rotatable bonds is 5. The molecule has 2 unspecified atom stereocenters. The third kappa shape index (κ3) is 5.77. The molecule has 4 rings (SSSR count). The van der Waals surface area contributed by atoms with Gasteiger partial charge in [-0.15, -0.1) is 0 Å². The Hall–Kier alpha value is -2.90. The molecular weight excluding hydrogens is 430 g/mol. The Balaban J connectivity index is 1.40. The Kier molecular flexibility index (Phi) is 7.24. The van der Waals surface area contributed by atoms with Gasteiger partial charge in [0.1, 0.15) is 11.6 Å². The monoisotopic (exact) mass is 465 g/mol. The minimum absolute atomic E-state index is 0.123. The van der Waals surface area contributed by atoms with Crippen LogP contribution in [0.2, 0.25) is 0 Å². The number of ether oxygens (including phenoxy) is 1. The van der Waals surface area contributed by atoms with E-state index in [1.165, 1.54) is 16.0 Å². The van der Waals surface area contributed by atoms with Gasteiger partial charge in [0.05, 0.1) is 6.10 Å². The molecule has 2 heterocycles. The van der Waals surface area contributed by atoms with Crippen molar-refractivity contribution in [3.63, 3.8) is 0 Å². The van der Waals surface area contributed by atoms with Crippen molar-refractivity contribution in [1.29, 1.82) is 0 Å². The van der Waals surface area contributed by atoms with Crippen LogP contribution in [0.25, 0.3) is 0 Å². The topological polar surface area (TPSA) is 82.1 Å². The summed E-state index contributed by atoms with van der Waals surface area (Å²) >= 11 is 0. The predicted molar refractivity (Wildman–Crippen MR) is 130 cm³/mol. The molecular formula is C27H35N3O4. The van der Waals surface area contributed by atoms with Crippen LogP contribution in [0.5, 0.6) is 0 Å². The third-order valence-electron chi connectivity index (χ3n) is 6.35. The van der Waals surface area contributed by atoms with Gasteiger partial charge in [-0.05, 0) is 55.9 Å². The molecule has 2 aromatic rings. The second kappa shape index (κ2) is 10.2. The molecule has 2 aliphatic rings. The number of aliphatic hydroxyl groups is 1. The van der Waals surface area contributed by atoms with Gasteiger partial charge in [-0.1, -0.05) is 48.5 Å². The van der Waals surface area contributed by atoms with E-state index in [4.69, 9.17) is 4.74 Å². The number of hydrogen-bond donors (Lipinski definition) is 2. The van der Waals surface area contributed by atoms with Gasteiger partial charge in [-0.25, -0.2) is 4.79 Å². The molecule has 2 aliphatic heterocycles. The van der Waals surface area contributed by atoms with Gasteiger partial charge in [-0.3, -0.25) is 14.6 Å². The lowest BCUT2D eigenvalue weighted by Gasteiger charge is -2.37. The van der Waals surface area contributed by atoms with Crippen LogP contribution in [0.3, 0.4) is 0 Å². The summed E-state index contributed by atoms with van der Waals surface area (Å²) in [6.07, 6.45) is 0.412. The van der Waals surface area contributed by atoms with Crippen LogP contribution < -0.4 is 5.32 Å². The molecule has 0 saturated carbocycles. The summed E-state index contributed by atoms with van der Waals surface area (Å²) in [6.45, 7) is 8.12. The highest BCUT2D eigenvalue weighted by molar-refractivity contribution is 5.88. The molecule has 0 aliphatic carbocycles. The van der Waals surface area contributed by atoms with E-state index in [1.54, 1.807) is 0 Å². The predicted octanol–water partition coefficient (Wildman–Crippen LogP) is 3.06. The minimum Gasteiger partial charge on any atom is -0.444 e. The number of nitrogens with zero attached hydrogens (tertiary/aromatic N) is 2. The van der Waals surface area contributed by atoms with E-state index in [0.29, 0.717) is 19.5 Å². The molecule has 2 amide bonds. The Morgan fingerprint density at radius 1 is 1.03 bits per heavy atom. The fourth-order valence-corrected chi connectivity index (χ4v) is 4.75. The molecule has 34 heavy (non-hydrogen) atoms. The van der Waals surface area contributed by atoms with Crippen LogP contribution in [-0.2, 0) is 28.9 Å². The number of amides is 2. The van der Waals surface area contributed by atoms with E-state index in [1.807, 2.05) is 51.1 Å². The minimum atomic E-state index is -0.783. The maximum Gasteiger partial charge on any atom is 0.411 e. The lowest BCUT2D eigenvalue weighted by Crippen LogP contribution is -2.50. The first-order chi connectivity index (χ1) is 16.2. The van der Waals surface area contributed by atoms with Crippen LogP contribution in [0.4, 0.5) is 4.79 Å². The normalized spacial score (nSPS) is 19.1. The summed E-state index contributed by atoms with van der Waals surface area (Å²) < 4.78 is 5.58. The number of β-amino-alcohol motifs (C(OH)–C–C–N with tert-alkyl or cyclic N) is 1. The second-order valence-electron chi connectivity index (χ2n) is 10.2. The van der Waals surface area contributed by atoms with Crippen LogP contribution in [0.1, 0.15) is 49.1 Å². The first-order valence-corrected chi connectivity index (χ1v) is 12.0. The maximum atomic E-state index is 13.3. The number of nitrogens with one attached hydrogen (secondary N) is 1. The van der Waals surface area contributed by atoms with E-state index in [0.717, 1.165) is 30.6 Å². The zero-order valence-corrected chi connectivity index (χ0v) is 20.3. The van der Waals surface area contributed by atoms with Crippen molar-refractivity contribution in [2.24, 2.45) is 0 Å². The van der Waals surface area contributed by atoms with Gasteiger partial charge in [-0.2, -0.15) is 0 Å². The largest absolute Gasteiger partial charge is 0.444 e. The van der Waals surface area contributed by atoms with Crippen molar-refractivity contribution in [1.82, 2.24) is 15.1 Å². The Morgan fingerprint density at radius 2 is 1.68 bits per heavy atom. The van der Waals surface area contributed by atoms with E-state index in [-0.39, 0.29) is 12.5 Å². The SMILES string of the molecule is CC(C)(C)OC(=O)N1CCc2ccccc2C1C(=O)NCC(O)CN1CCc2ccccc2C1. The van der Waals surface area contributed by atoms with Crippen molar-refractivity contribution in [2.45, 2.75) is 57.9 Å². The number of fused-ring (bicyclic) bond motifs is 2. The van der Waals surface area contributed by atoms with Crippen molar-refractivity contribution < 1.29 is 19.4 Å². The van der Waals surface area contributed by atoms with Crippen molar-refractivity contribution in [3.8, 4) is 0 Å². The lowest BCUT2D eigenvalue weighted by atomic mass is 9.92. The van der Waals surface area contributed by atoms with E-state index < -0.39 is 23.8 Å². The highest BCUT2D eigenvalue weighted by atomic mass is 16.6. The van der Waals surface area contributed by atoms with Gasteiger partial charge >= 0.3 is 6.09 Å². The molecule has 7 heteroatoms. The number of benzene rings is 2. The molecule has 2 N–H and O–H groups in total. The molecule has 0 fully saturated rings. The van der Waals surface area contributed by atoms with E-state index in [2.05, 4.69) is 28.4 Å². The fourth-order valence-electron chi connectivity index (χ4n) is 4.75. The van der Waals surface area contributed by atoms with Gasteiger partial charge in [0.25, 0.3) is 0 Å². The second-order valence-corrected chi connectivity index (χ2v) is 10.2. The highest BCUT2D eigenvalue weighted by Crippen LogP contribution is 2.31. The average Bonchev–Trinajstić information content (AvgIpc) is 2.80. The molecule has 0 saturated heterocycles. The third-order valence-corrected chi connectivity index (χ3v) is 6.35. The lowest BCUT2D eigenvalue weighted by molar-refractivity contribution is -0.127. The standard InChI is InChI=1S/C27H35N3O4/c1-27(2,3)34-26(33)30-15-13-20-9-6-7-11-23(20)24(30)25(32)28-16-22(31)18-29-14-12-19-8-4-5-10-21(19)17-29/h4-11,22,24,31H,12-18H2,1-3H3,(H,28,32). The van der Waals surface area contributed by atoms with Crippen molar-refractivity contribution in [2.75, 3.05) is 26.2 Å². The number of aliphatic hydroxyl groups excluding tert-OH is 1. The average molecular weight is 466 g/mol. The van der Waals surface area contributed by atoms with E-state index >= 15 is 0 Å². The first kappa shape index (κ1) is 24.2. The zero-order chi connectivity index (χ0) is 24.3. The van der Waals surface area contributed by atoms with Gasteiger partial charge in [0.15, 0.2) is 0 Å². The molecule has 2 atom stereocenters. The molecule has 2 aromatic carbocycles. The zero-order valence-electron chi connectivity index (χ0n) is 20.3. The summed E-state index contributed by atoms with van der Waals surface area (Å²) in [4.78, 5) is 29.9. The number of carbonyl (C=O) groups is 2. The summed E-state index contributed by atoms with van der Waals surface area (Å²) in [5, 5.41) is 13.5. The molecule has 0 aromatic heterocycles. The first-order valence-electron chi connectivity index (χ1n) is 12.0. The summed E-state index contributed by atoms with van der Waals surface area (Å²) in [7, 11) is 0. The van der Waals surface area contributed by atoms with E-state index in [9.17, 15) is 14.7 Å². The molecule has 0 spiro atoms. The molecule has 0 radical (unpaired) electrons. The van der Waals surface area contributed by atoms with Gasteiger partial charge in [0.2, 0.25) is 5.91 Å². The maximum absolute atomic E-state index is 13.3. The Labute approximate surface area is 201 Å². The quantitative estimate of drug-likeness (QED) is 0.709. The van der Waals surface area contributed by atoms with Crippen molar-refractivity contribution in [3.05, 3.63) is 70.8 Å². The molecule has 0 bridgehead atoms. The van der Waals surface area contributed by atoms with Gasteiger partial charge < -0.3 is 15.2 Å². The van der Waals surface area contributed by atoms with Crippen LogP contribution >= 0.6 is 0 Å². The molecule has 7 nitrogen and oxygen atoms in total. The van der Waals surface area contributed by atoms with Crippen LogP contribution in [0.15, 0.2) is 48.5 Å². The number of carbonyl (C=O) groups excluding carboxylic acids is 2. The summed E-state index contributed by atoms with van der Waals surface area (Å²) in [5.41, 5.74) is 3.85. The fraction of sp³-hybridized carbons (Fsp3) is 0.481. The smallest absolute Gasteiger partial charge is 0.411 e. The highest BCUT2D eigenvalue weighted by Gasteiger charge is 2.38. The Bertz CT molecular complexity index is 1030. The van der Waals surface area contributed by atoms with Crippen molar-refractivity contribution >= 4 is 12.0 Å². The summed E-state index contributed by atoms with van der Waals surface area (Å²) in [6, 6.07) is 15.3. The Morgan fingerprint density at radius 3 is 2.41 bits per heavy atom.